The number of oxazole rings is 1. The number of H-pyrrole nitrogens is 1. The second-order valence-electron chi connectivity index (χ2n) is 5.33. The molecule has 1 heterocycles. The quantitative estimate of drug-likeness (QED) is 0.374. The molecular formula is C20H29N3O5S. The molecule has 2 aromatic carbocycles. The van der Waals surface area contributed by atoms with Crippen molar-refractivity contribution in [1.82, 2.24) is 4.98 Å². The van der Waals surface area contributed by atoms with Gasteiger partial charge in [-0.2, -0.15) is 0 Å². The van der Waals surface area contributed by atoms with Crippen LogP contribution in [-0.2, 0) is 0 Å². The minimum atomic E-state index is -0.540. The highest BCUT2D eigenvalue weighted by Gasteiger charge is 2.09. The van der Waals surface area contributed by atoms with Gasteiger partial charge in [0.1, 0.15) is 0 Å². The van der Waals surface area contributed by atoms with Crippen molar-refractivity contribution in [2.75, 3.05) is 5.32 Å². The van der Waals surface area contributed by atoms with Crippen molar-refractivity contribution in [3.8, 4) is 0 Å². The molecule has 0 atom stereocenters. The lowest BCUT2D eigenvalue weighted by molar-refractivity contribution is 0.102. The van der Waals surface area contributed by atoms with Crippen LogP contribution >= 0.6 is 12.6 Å². The number of anilines is 1. The number of nitrogens with one attached hydrogen (secondary N) is 2. The number of thiol groups is 1. The maximum Gasteiger partial charge on any atom is 0.417 e. The molecule has 8 nitrogen and oxygen atoms in total. The number of allylic oxidation sites excluding steroid dienone is 3. The first-order valence-electron chi connectivity index (χ1n) is 7.87. The number of amides is 1. The van der Waals surface area contributed by atoms with E-state index in [-0.39, 0.29) is 21.1 Å². The van der Waals surface area contributed by atoms with Gasteiger partial charge >= 0.3 is 5.76 Å². The maximum absolute atomic E-state index is 12.1. The van der Waals surface area contributed by atoms with Gasteiger partial charge in [0.05, 0.1) is 5.52 Å². The Morgan fingerprint density at radius 3 is 2.38 bits per heavy atom. The summed E-state index contributed by atoms with van der Waals surface area (Å²) >= 11 is 4.18. The van der Waals surface area contributed by atoms with Gasteiger partial charge in [0, 0.05) is 26.1 Å². The summed E-state index contributed by atoms with van der Waals surface area (Å²) in [6.07, 6.45) is 4.88. The molecule has 3 aromatic rings. The molecule has 0 fully saturated rings. The number of rotatable bonds is 4. The van der Waals surface area contributed by atoms with Crippen LogP contribution in [0.25, 0.3) is 11.1 Å². The summed E-state index contributed by atoms with van der Waals surface area (Å²) in [5.74, 6) is -0.803. The summed E-state index contributed by atoms with van der Waals surface area (Å²) in [7, 11) is 0. The molecule has 1 amide bonds. The van der Waals surface area contributed by atoms with Gasteiger partial charge in [0.15, 0.2) is 5.58 Å². The zero-order valence-electron chi connectivity index (χ0n) is 15.4. The average molecular weight is 424 g/mol. The molecule has 0 aliphatic rings. The fraction of sp³-hybridized carbons (Fsp3) is 0. The Labute approximate surface area is 176 Å². The highest BCUT2D eigenvalue weighted by molar-refractivity contribution is 7.80. The zero-order valence-corrected chi connectivity index (χ0v) is 16.3. The number of carbonyl (C=O) groups is 1. The number of nitrogens with two attached hydrogens (primary N) is 1. The molecule has 29 heavy (non-hydrogen) atoms. The summed E-state index contributed by atoms with van der Waals surface area (Å²) in [6, 6.07) is 11.9. The zero-order chi connectivity index (χ0) is 19.8. The Bertz CT molecular complexity index is 1070. The predicted octanol–water partition coefficient (Wildman–Crippen LogP) is 2.95. The van der Waals surface area contributed by atoms with Gasteiger partial charge in [-0.05, 0) is 54.6 Å². The minimum absolute atomic E-state index is 0. The smallest absolute Gasteiger partial charge is 0.412 e. The lowest BCUT2D eigenvalue weighted by atomic mass is 10.2. The fourth-order valence-electron chi connectivity index (χ4n) is 2.05. The summed E-state index contributed by atoms with van der Waals surface area (Å²) in [5, 5.41) is 2.76. The van der Waals surface area contributed by atoms with E-state index in [9.17, 15) is 9.59 Å². The normalized spacial score (nSPS) is 9.90. The second-order valence-corrected chi connectivity index (χ2v) is 5.85. The lowest BCUT2D eigenvalue weighted by Crippen LogP contribution is -2.11. The van der Waals surface area contributed by atoms with Crippen LogP contribution in [0.5, 0.6) is 0 Å². The van der Waals surface area contributed by atoms with Gasteiger partial charge in [-0.1, -0.05) is 19.2 Å². The summed E-state index contributed by atoms with van der Waals surface area (Å²) in [4.78, 5) is 26.5. The Morgan fingerprint density at radius 2 is 1.83 bits per heavy atom. The van der Waals surface area contributed by atoms with Crippen molar-refractivity contribution in [1.29, 1.82) is 0 Å². The first kappa shape index (κ1) is 25.5. The highest BCUT2D eigenvalue weighted by atomic mass is 32.1. The average Bonchev–Trinajstić information content (AvgIpc) is 3.03. The van der Waals surface area contributed by atoms with Crippen LogP contribution in [0.15, 0.2) is 93.7 Å². The summed E-state index contributed by atoms with van der Waals surface area (Å²) in [5.41, 5.74) is 7.93. The van der Waals surface area contributed by atoms with E-state index in [0.29, 0.717) is 28.0 Å². The number of aromatic nitrogens is 1. The number of fused-ring (bicyclic) bond motifs is 1. The largest absolute Gasteiger partial charge is 0.417 e. The van der Waals surface area contributed by atoms with Crippen molar-refractivity contribution in [2.24, 2.45) is 5.73 Å². The molecule has 0 radical (unpaired) electrons. The first-order chi connectivity index (χ1) is 12.9. The first-order valence-corrected chi connectivity index (χ1v) is 8.31. The number of benzene rings is 2. The topological polar surface area (TPSA) is 164 Å². The van der Waals surface area contributed by atoms with Crippen LogP contribution in [0, 0.1) is 0 Å². The van der Waals surface area contributed by atoms with Gasteiger partial charge in [-0.15, -0.1) is 12.6 Å². The van der Waals surface area contributed by atoms with E-state index in [4.69, 9.17) is 10.2 Å². The van der Waals surface area contributed by atoms with Crippen LogP contribution in [0.3, 0.4) is 0 Å². The molecule has 0 aliphatic carbocycles. The van der Waals surface area contributed by atoms with Crippen LogP contribution in [-0.4, -0.2) is 21.8 Å². The van der Waals surface area contributed by atoms with Crippen molar-refractivity contribution in [3.63, 3.8) is 0 Å². The van der Waals surface area contributed by atoms with E-state index >= 15 is 0 Å². The number of carbonyl (C=O) groups excluding carboxylic acids is 1. The SMILES string of the molecule is C=C/C=C(/N)C=C.O.O.O=C(Nc1ccc(S)cc1)c1ccc2oc(=O)[nH]c2c1.[HH].[HH].[HH]. The van der Waals surface area contributed by atoms with Crippen molar-refractivity contribution < 1.29 is 24.4 Å². The molecule has 9 heteroatoms. The number of aromatic amines is 1. The van der Waals surface area contributed by atoms with Gasteiger partial charge < -0.3 is 26.4 Å². The Hall–Kier alpha value is -3.53. The summed E-state index contributed by atoms with van der Waals surface area (Å²) in [6.45, 7) is 6.88. The monoisotopic (exact) mass is 423 g/mol. The van der Waals surface area contributed by atoms with Crippen LogP contribution in [0.2, 0.25) is 0 Å². The van der Waals surface area contributed by atoms with Gasteiger partial charge in [0.2, 0.25) is 0 Å². The predicted molar refractivity (Wildman–Crippen MR) is 125 cm³/mol. The Morgan fingerprint density at radius 1 is 1.17 bits per heavy atom. The van der Waals surface area contributed by atoms with Crippen molar-refractivity contribution in [3.05, 3.63) is 95.7 Å². The molecule has 0 saturated heterocycles. The van der Waals surface area contributed by atoms with Crippen molar-refractivity contribution >= 4 is 35.3 Å². The van der Waals surface area contributed by atoms with E-state index in [2.05, 4.69) is 36.1 Å². The fourth-order valence-corrected chi connectivity index (χ4v) is 2.19. The molecule has 8 N–H and O–H groups in total. The molecule has 0 unspecified atom stereocenters. The van der Waals surface area contributed by atoms with Crippen LogP contribution in [0.1, 0.15) is 14.6 Å². The van der Waals surface area contributed by atoms with Gasteiger partial charge in [-0.25, -0.2) is 4.79 Å². The van der Waals surface area contributed by atoms with Crippen LogP contribution in [0.4, 0.5) is 5.69 Å². The Kier molecular flexibility index (Phi) is 10.6. The lowest BCUT2D eigenvalue weighted by Gasteiger charge is -2.05. The van der Waals surface area contributed by atoms with E-state index in [0.717, 1.165) is 4.90 Å². The number of hydrogen-bond donors (Lipinski definition) is 4. The third kappa shape index (κ3) is 7.54. The van der Waals surface area contributed by atoms with E-state index < -0.39 is 5.76 Å². The molecule has 0 bridgehead atoms. The van der Waals surface area contributed by atoms with Crippen molar-refractivity contribution in [2.45, 2.75) is 4.90 Å². The molecule has 0 spiro atoms. The molecule has 0 aliphatic heterocycles. The Balaban J connectivity index is -0.000000290. The summed E-state index contributed by atoms with van der Waals surface area (Å²) < 4.78 is 4.88. The highest BCUT2D eigenvalue weighted by Crippen LogP contribution is 2.16. The van der Waals surface area contributed by atoms with Gasteiger partial charge in [-0.3, -0.25) is 9.78 Å². The van der Waals surface area contributed by atoms with E-state index in [1.807, 2.05) is 0 Å². The van der Waals surface area contributed by atoms with Crippen LogP contribution < -0.4 is 16.8 Å². The minimum Gasteiger partial charge on any atom is -0.412 e. The molecular weight excluding hydrogens is 394 g/mol. The molecule has 1 aromatic heterocycles. The second kappa shape index (κ2) is 12.0. The van der Waals surface area contributed by atoms with Gasteiger partial charge in [0.25, 0.3) is 5.91 Å². The maximum atomic E-state index is 12.1. The van der Waals surface area contributed by atoms with E-state index in [1.54, 1.807) is 60.7 Å². The molecule has 0 saturated carbocycles. The molecule has 160 valence electrons. The molecule has 3 rings (SSSR count). The standard InChI is InChI=1S/C14H10N2O3S.C6H9N.2H2O.3H2/c17-13(15-9-2-4-10(20)5-3-9)8-1-6-12-11(7-8)16-14(18)19-12;1-3-5-6(7)4-2;;;;;/h1-7,20H,(H,15,17)(H,16,18);3-5H,1-2,7H2;2*1H2;3*1H/b;6-5+;;;;;. The third-order valence-corrected chi connectivity index (χ3v) is 3.65. The third-order valence-electron chi connectivity index (χ3n) is 3.35. The number of hydrogen-bond acceptors (Lipinski definition) is 5. The van der Waals surface area contributed by atoms with E-state index in [1.165, 1.54) is 0 Å².